The van der Waals surface area contributed by atoms with Crippen LogP contribution in [0.4, 0.5) is 11.4 Å². The zero-order valence-electron chi connectivity index (χ0n) is 17.3. The molecule has 1 aliphatic heterocycles. The summed E-state index contributed by atoms with van der Waals surface area (Å²) in [5.74, 6) is 0. The molecular formula is C23H25ClN4OS2. The highest BCUT2D eigenvalue weighted by Crippen LogP contribution is 2.48. The van der Waals surface area contributed by atoms with Crippen molar-refractivity contribution in [2.45, 2.75) is 27.7 Å². The molecule has 0 saturated heterocycles. The first-order valence-electron chi connectivity index (χ1n) is 10.1. The first-order valence-corrected chi connectivity index (χ1v) is 12.8. The number of benzene rings is 3. The minimum absolute atomic E-state index is 0.458. The van der Waals surface area contributed by atoms with Crippen LogP contribution in [-0.4, -0.2) is 24.3 Å². The van der Waals surface area contributed by atoms with Crippen molar-refractivity contribution in [3.8, 4) is 0 Å². The molecule has 31 heavy (non-hydrogen) atoms. The predicted octanol–water partition coefficient (Wildman–Crippen LogP) is 5.45. The molecule has 0 radical (unpaired) electrons. The Labute approximate surface area is 193 Å². The number of para-hydroxylation sites is 1. The predicted molar refractivity (Wildman–Crippen MR) is 131 cm³/mol. The molecule has 1 aliphatic rings. The summed E-state index contributed by atoms with van der Waals surface area (Å²) in [6.45, 7) is 1.79. The molecule has 3 aromatic carbocycles. The van der Waals surface area contributed by atoms with Gasteiger partial charge in [-0.05, 0) is 54.4 Å². The van der Waals surface area contributed by atoms with E-state index in [-0.39, 0.29) is 0 Å². The van der Waals surface area contributed by atoms with Crippen LogP contribution in [0.1, 0.15) is 12.0 Å². The molecule has 8 heteroatoms. The minimum Gasteiger partial charge on any atom is -0.340 e. The van der Waals surface area contributed by atoms with E-state index in [9.17, 15) is 4.21 Å². The Morgan fingerprint density at radius 1 is 1.06 bits per heavy atom. The molecule has 0 aromatic heterocycles. The summed E-state index contributed by atoms with van der Waals surface area (Å²) in [6, 6.07) is 21.8. The van der Waals surface area contributed by atoms with Gasteiger partial charge in [-0.1, -0.05) is 47.6 Å². The van der Waals surface area contributed by atoms with Crippen molar-refractivity contribution >= 4 is 44.7 Å². The number of nitrogens with two attached hydrogens (primary N) is 1. The van der Waals surface area contributed by atoms with Crippen molar-refractivity contribution in [1.29, 1.82) is 0 Å². The summed E-state index contributed by atoms with van der Waals surface area (Å²) >= 11 is 8.05. The summed E-state index contributed by atoms with van der Waals surface area (Å²) in [5, 5.41) is 0.718. The maximum atomic E-state index is 13.3. The maximum absolute atomic E-state index is 13.3. The van der Waals surface area contributed by atoms with Gasteiger partial charge < -0.3 is 10.6 Å². The van der Waals surface area contributed by atoms with Crippen molar-refractivity contribution < 1.29 is 4.21 Å². The molecule has 0 bridgehead atoms. The van der Waals surface area contributed by atoms with Gasteiger partial charge >= 0.3 is 0 Å². The first-order chi connectivity index (χ1) is 15.0. The number of hydrogen-bond acceptors (Lipinski definition) is 5. The van der Waals surface area contributed by atoms with E-state index in [4.69, 9.17) is 17.3 Å². The Morgan fingerprint density at radius 3 is 2.55 bits per heavy atom. The Kier molecular flexibility index (Phi) is 6.89. The van der Waals surface area contributed by atoms with E-state index >= 15 is 0 Å². The van der Waals surface area contributed by atoms with E-state index in [1.54, 1.807) is 18.8 Å². The highest BCUT2D eigenvalue weighted by molar-refractivity contribution is 7.99. The second-order valence-corrected chi connectivity index (χ2v) is 10.8. The minimum atomic E-state index is -2.67. The first kappa shape index (κ1) is 22.2. The average Bonchev–Trinajstić information content (AvgIpc) is 2.81. The molecule has 0 fully saturated rings. The molecule has 4 rings (SSSR count). The molecule has 0 amide bonds. The van der Waals surface area contributed by atoms with Crippen LogP contribution in [0.3, 0.4) is 0 Å². The molecule has 0 spiro atoms. The van der Waals surface area contributed by atoms with Gasteiger partial charge in [0, 0.05) is 41.5 Å². The Balaban J connectivity index is 1.48. The van der Waals surface area contributed by atoms with Crippen molar-refractivity contribution in [2.75, 3.05) is 25.0 Å². The number of halogens is 1. The van der Waals surface area contributed by atoms with E-state index in [1.165, 1.54) is 15.5 Å². The monoisotopic (exact) mass is 472 g/mol. The summed E-state index contributed by atoms with van der Waals surface area (Å²) in [4.78, 5) is 5.36. The molecule has 1 heterocycles. The van der Waals surface area contributed by atoms with Crippen LogP contribution in [0.5, 0.6) is 0 Å². The molecule has 5 nitrogen and oxygen atoms in total. The van der Waals surface area contributed by atoms with Gasteiger partial charge in [-0.3, -0.25) is 0 Å². The summed E-state index contributed by atoms with van der Waals surface area (Å²) in [7, 11) is -1.09. The third-order valence-electron chi connectivity index (χ3n) is 5.18. The fourth-order valence-electron chi connectivity index (χ4n) is 3.55. The van der Waals surface area contributed by atoms with E-state index in [0.29, 0.717) is 18.0 Å². The number of nitrogens with zero attached hydrogens (tertiary/aromatic N) is 2. The zero-order chi connectivity index (χ0) is 21.8. The normalized spacial score (nSPS) is 14.5. The van der Waals surface area contributed by atoms with E-state index < -0.39 is 9.92 Å². The molecule has 0 aliphatic carbocycles. The lowest BCUT2D eigenvalue weighted by Gasteiger charge is -2.33. The number of rotatable bonds is 7. The maximum Gasteiger partial charge on any atom is 0.137 e. The van der Waals surface area contributed by atoms with Crippen LogP contribution in [0.2, 0.25) is 5.02 Å². The van der Waals surface area contributed by atoms with E-state index in [2.05, 4.69) is 38.3 Å². The van der Waals surface area contributed by atoms with Gasteiger partial charge in [-0.25, -0.2) is 13.3 Å². The SMILES string of the molecule is CN=S(=O)(NCCCN1c2ccccc2Sc2ccc(Cl)cc21)c1ccc(CN)cc1. The van der Waals surface area contributed by atoms with Crippen molar-refractivity contribution in [3.63, 3.8) is 0 Å². The molecule has 3 N–H and O–H groups in total. The Bertz CT molecular complexity index is 1190. The van der Waals surface area contributed by atoms with Gasteiger partial charge in [0.05, 0.1) is 16.3 Å². The highest BCUT2D eigenvalue weighted by atomic mass is 35.5. The van der Waals surface area contributed by atoms with Crippen LogP contribution >= 0.6 is 23.4 Å². The van der Waals surface area contributed by atoms with Gasteiger partial charge in [0.1, 0.15) is 9.92 Å². The van der Waals surface area contributed by atoms with Crippen LogP contribution in [-0.2, 0) is 16.5 Å². The summed E-state index contributed by atoms with van der Waals surface area (Å²) < 4.78 is 20.6. The zero-order valence-corrected chi connectivity index (χ0v) is 19.6. The van der Waals surface area contributed by atoms with Crippen molar-refractivity contribution in [3.05, 3.63) is 77.3 Å². The number of nitrogens with one attached hydrogen (secondary N) is 1. The summed E-state index contributed by atoms with van der Waals surface area (Å²) in [6.07, 6.45) is 0.790. The van der Waals surface area contributed by atoms with E-state index in [1.807, 2.05) is 42.5 Å². The van der Waals surface area contributed by atoms with Crippen molar-refractivity contribution in [1.82, 2.24) is 4.72 Å². The highest BCUT2D eigenvalue weighted by Gasteiger charge is 2.23. The Morgan fingerprint density at radius 2 is 1.81 bits per heavy atom. The van der Waals surface area contributed by atoms with Crippen LogP contribution in [0.25, 0.3) is 0 Å². The van der Waals surface area contributed by atoms with Crippen molar-refractivity contribution in [2.24, 2.45) is 10.1 Å². The number of fused-ring (bicyclic) bond motifs is 2. The summed E-state index contributed by atoms with van der Waals surface area (Å²) in [5.41, 5.74) is 8.94. The largest absolute Gasteiger partial charge is 0.340 e. The number of anilines is 2. The molecule has 1 atom stereocenters. The standard InChI is InChI=1S/C23H25ClN4OS2/c1-26-31(29,19-10-7-17(16-25)8-11-19)27-13-4-14-28-20-5-2-3-6-22(20)30-23-12-9-18(24)15-21(23)28/h2-3,5-12,15H,4,13-14,16,25H2,1H3,(H,26,27,29). The van der Waals surface area contributed by atoms with Gasteiger partial charge in [0.15, 0.2) is 0 Å². The second-order valence-electron chi connectivity index (χ2n) is 7.14. The lowest BCUT2D eigenvalue weighted by molar-refractivity contribution is 0.658. The molecule has 162 valence electrons. The van der Waals surface area contributed by atoms with Crippen LogP contribution in [0, 0.1) is 0 Å². The number of hydrogen-bond donors (Lipinski definition) is 2. The topological polar surface area (TPSA) is 70.7 Å². The molecule has 3 aromatic rings. The lowest BCUT2D eigenvalue weighted by Crippen LogP contribution is -2.29. The lowest BCUT2D eigenvalue weighted by atomic mass is 10.2. The molecular weight excluding hydrogens is 448 g/mol. The van der Waals surface area contributed by atoms with Gasteiger partial charge in [0.25, 0.3) is 0 Å². The quantitative estimate of drug-likeness (QED) is 0.448. The fourth-order valence-corrected chi connectivity index (χ4v) is 6.23. The Hall–Kier alpha value is -2.03. The second kappa shape index (κ2) is 9.63. The van der Waals surface area contributed by atoms with Gasteiger partial charge in [-0.15, -0.1) is 0 Å². The van der Waals surface area contributed by atoms with Crippen LogP contribution < -0.4 is 15.4 Å². The fraction of sp³-hybridized carbons (Fsp3) is 0.217. The smallest absolute Gasteiger partial charge is 0.137 e. The molecule has 0 saturated carbocycles. The molecule has 1 unspecified atom stereocenters. The van der Waals surface area contributed by atoms with Crippen LogP contribution in [0.15, 0.2) is 85.8 Å². The van der Waals surface area contributed by atoms with Gasteiger partial charge in [-0.2, -0.15) is 0 Å². The van der Waals surface area contributed by atoms with E-state index in [0.717, 1.165) is 29.2 Å². The van der Waals surface area contributed by atoms with Gasteiger partial charge in [0.2, 0.25) is 0 Å². The third-order valence-corrected chi connectivity index (χ3v) is 8.57. The third kappa shape index (κ3) is 4.76. The average molecular weight is 473 g/mol.